The van der Waals surface area contributed by atoms with Crippen LogP contribution in [0.4, 0.5) is 11.4 Å². The lowest BCUT2D eigenvalue weighted by Crippen LogP contribution is -2.13. The van der Waals surface area contributed by atoms with Gasteiger partial charge in [-0.25, -0.2) is 0 Å². The first-order valence-corrected chi connectivity index (χ1v) is 5.15. The van der Waals surface area contributed by atoms with E-state index in [0.29, 0.717) is 18.7 Å². The molecule has 0 radical (unpaired) electrons. The molecule has 0 heterocycles. The van der Waals surface area contributed by atoms with E-state index < -0.39 is 4.92 Å². The molecule has 1 N–H and O–H groups in total. The van der Waals surface area contributed by atoms with Crippen LogP contribution >= 0.6 is 16.1 Å². The van der Waals surface area contributed by atoms with Gasteiger partial charge in [0.05, 0.1) is 4.92 Å². The molecule has 0 spiro atoms. The third-order valence-electron chi connectivity index (χ3n) is 1.85. The first-order valence-electron chi connectivity index (χ1n) is 4.44. The molecule has 0 saturated carbocycles. The molecule has 0 aromatic heterocycles. The average molecular weight is 275 g/mol. The zero-order valence-electron chi connectivity index (χ0n) is 7.97. The van der Waals surface area contributed by atoms with E-state index in [1.165, 1.54) is 6.07 Å². The summed E-state index contributed by atoms with van der Waals surface area (Å²) < 4.78 is 1.58. The number of rotatable bonds is 5. The number of anilines is 1. The minimum Gasteiger partial charge on any atom is -0.396 e. The van der Waals surface area contributed by atoms with Gasteiger partial charge in [-0.2, -0.15) is 0 Å². The summed E-state index contributed by atoms with van der Waals surface area (Å²) in [5, 5.41) is 19.4. The number of para-hydroxylation sites is 2. The molecule has 1 aromatic carbocycles. The molecule has 0 saturated heterocycles. The number of hydrogen-bond donors (Lipinski definition) is 1. The average Bonchev–Trinajstić information content (AvgIpc) is 2.25. The Kier molecular flexibility index (Phi) is 4.51. The van der Waals surface area contributed by atoms with Crippen molar-refractivity contribution >= 4 is 27.5 Å². The number of nitrogens with zero attached hydrogens (tertiary/aromatic N) is 2. The van der Waals surface area contributed by atoms with Crippen LogP contribution in [-0.2, 0) is 0 Å². The molecule has 0 amide bonds. The highest BCUT2D eigenvalue weighted by Crippen LogP contribution is 2.29. The number of aliphatic hydroxyl groups excluding tert-OH is 1. The second-order valence-electron chi connectivity index (χ2n) is 2.91. The quantitative estimate of drug-likeness (QED) is 0.507. The summed E-state index contributed by atoms with van der Waals surface area (Å²) in [5.74, 6) is 0. The van der Waals surface area contributed by atoms with Crippen LogP contribution < -0.4 is 3.93 Å². The number of nitro benzene ring substituents is 1. The molecule has 5 nitrogen and oxygen atoms in total. The molecule has 0 aliphatic carbocycles. The Hall–Kier alpha value is -1.14. The van der Waals surface area contributed by atoms with Crippen molar-refractivity contribution in [2.75, 3.05) is 17.1 Å². The second kappa shape index (κ2) is 5.67. The fourth-order valence-electron chi connectivity index (χ4n) is 1.15. The predicted molar refractivity (Wildman–Crippen MR) is 61.1 cm³/mol. The normalized spacial score (nSPS) is 10.0. The Bertz CT molecular complexity index is 346. The maximum absolute atomic E-state index is 10.7. The van der Waals surface area contributed by atoms with E-state index >= 15 is 0 Å². The largest absolute Gasteiger partial charge is 0.396 e. The lowest BCUT2D eigenvalue weighted by molar-refractivity contribution is -0.384. The lowest BCUT2D eigenvalue weighted by atomic mass is 10.2. The van der Waals surface area contributed by atoms with Gasteiger partial charge < -0.3 is 9.03 Å². The van der Waals surface area contributed by atoms with Crippen molar-refractivity contribution in [1.82, 2.24) is 0 Å². The molecule has 1 aromatic rings. The lowest BCUT2D eigenvalue weighted by Gasteiger charge is -2.15. The van der Waals surface area contributed by atoms with Crippen LogP contribution in [0.15, 0.2) is 24.3 Å². The fourth-order valence-corrected chi connectivity index (χ4v) is 1.70. The summed E-state index contributed by atoms with van der Waals surface area (Å²) in [4.78, 5) is 10.3. The Morgan fingerprint density at radius 1 is 1.47 bits per heavy atom. The summed E-state index contributed by atoms with van der Waals surface area (Å²) >= 11 is 3.22. The smallest absolute Gasteiger partial charge is 0.293 e. The molecule has 0 fully saturated rings. The fraction of sp³-hybridized carbons (Fsp3) is 0.333. The minimum absolute atomic E-state index is 0.0484. The van der Waals surface area contributed by atoms with Gasteiger partial charge in [-0.15, -0.1) is 0 Å². The number of hydrogen-bond acceptors (Lipinski definition) is 4. The highest BCUT2D eigenvalue weighted by Gasteiger charge is 2.16. The monoisotopic (exact) mass is 274 g/mol. The van der Waals surface area contributed by atoms with Gasteiger partial charge in [-0.3, -0.25) is 10.1 Å². The number of aliphatic hydroxyl groups is 1. The molecule has 15 heavy (non-hydrogen) atoms. The number of halogens is 1. The van der Waals surface area contributed by atoms with Crippen LogP contribution in [-0.4, -0.2) is 23.2 Å². The molecule has 6 heteroatoms. The SMILES string of the molecule is O=[N+]([O-])c1ccccc1N(Br)CCCO. The second-order valence-corrected chi connectivity index (χ2v) is 3.76. The van der Waals surface area contributed by atoms with E-state index in [-0.39, 0.29) is 12.3 Å². The molecule has 0 atom stereocenters. The molecule has 0 aliphatic heterocycles. The molecule has 82 valence electrons. The Balaban J connectivity index is 2.87. The summed E-state index contributed by atoms with van der Waals surface area (Å²) in [6, 6.07) is 6.46. The van der Waals surface area contributed by atoms with E-state index in [1.807, 2.05) is 0 Å². The molecular weight excluding hydrogens is 264 g/mol. The molecule has 0 bridgehead atoms. The van der Waals surface area contributed by atoms with Crippen molar-refractivity contribution in [3.63, 3.8) is 0 Å². The zero-order valence-corrected chi connectivity index (χ0v) is 9.55. The van der Waals surface area contributed by atoms with Gasteiger partial charge in [0.15, 0.2) is 0 Å². The van der Waals surface area contributed by atoms with Crippen LogP contribution in [0.2, 0.25) is 0 Å². The van der Waals surface area contributed by atoms with Crippen molar-refractivity contribution in [3.8, 4) is 0 Å². The van der Waals surface area contributed by atoms with Crippen molar-refractivity contribution in [2.24, 2.45) is 0 Å². The number of benzene rings is 1. The van der Waals surface area contributed by atoms with Crippen molar-refractivity contribution < 1.29 is 10.0 Å². The first-order chi connectivity index (χ1) is 7.16. The van der Waals surface area contributed by atoms with Crippen LogP contribution in [0, 0.1) is 10.1 Å². The Labute approximate surface area is 95.8 Å². The topological polar surface area (TPSA) is 66.6 Å². The van der Waals surface area contributed by atoms with Gasteiger partial charge in [0.25, 0.3) is 5.69 Å². The number of nitro groups is 1. The summed E-state index contributed by atoms with van der Waals surface area (Å²) in [7, 11) is 0. The highest BCUT2D eigenvalue weighted by molar-refractivity contribution is 9.10. The summed E-state index contributed by atoms with van der Waals surface area (Å²) in [6.45, 7) is 0.573. The van der Waals surface area contributed by atoms with Gasteiger partial charge in [0.1, 0.15) is 5.69 Å². The van der Waals surface area contributed by atoms with E-state index in [2.05, 4.69) is 16.1 Å². The molecular formula is C9H11BrN2O3. The Morgan fingerprint density at radius 3 is 2.73 bits per heavy atom. The van der Waals surface area contributed by atoms with Crippen molar-refractivity contribution in [2.45, 2.75) is 6.42 Å². The Morgan fingerprint density at radius 2 is 2.13 bits per heavy atom. The third kappa shape index (κ3) is 3.17. The van der Waals surface area contributed by atoms with Crippen molar-refractivity contribution in [3.05, 3.63) is 34.4 Å². The maximum atomic E-state index is 10.7. The molecule has 0 aliphatic rings. The van der Waals surface area contributed by atoms with Gasteiger partial charge in [0.2, 0.25) is 0 Å². The van der Waals surface area contributed by atoms with E-state index in [0.717, 1.165) is 0 Å². The van der Waals surface area contributed by atoms with Crippen molar-refractivity contribution in [1.29, 1.82) is 0 Å². The van der Waals surface area contributed by atoms with Crippen LogP contribution in [0.3, 0.4) is 0 Å². The zero-order chi connectivity index (χ0) is 11.3. The predicted octanol–water partition coefficient (Wildman–Crippen LogP) is 2.09. The van der Waals surface area contributed by atoms with Gasteiger partial charge >= 0.3 is 0 Å². The van der Waals surface area contributed by atoms with E-state index in [1.54, 1.807) is 22.1 Å². The standard InChI is InChI=1S/C9H11BrN2O3/c10-11(6-3-7-13)8-4-1-2-5-9(8)12(14)15/h1-2,4-5,13H,3,6-7H2. The summed E-state index contributed by atoms with van der Waals surface area (Å²) in [5.41, 5.74) is 0.545. The van der Waals surface area contributed by atoms with E-state index in [9.17, 15) is 10.1 Å². The maximum Gasteiger partial charge on any atom is 0.293 e. The summed E-state index contributed by atoms with van der Waals surface area (Å²) in [6.07, 6.45) is 0.553. The van der Waals surface area contributed by atoms with E-state index in [4.69, 9.17) is 5.11 Å². The van der Waals surface area contributed by atoms with Gasteiger partial charge in [-0.05, 0) is 12.5 Å². The molecule has 1 rings (SSSR count). The van der Waals surface area contributed by atoms with Gasteiger partial charge in [0, 0.05) is 35.4 Å². The first kappa shape index (κ1) is 11.9. The minimum atomic E-state index is -0.428. The van der Waals surface area contributed by atoms with Crippen LogP contribution in [0.5, 0.6) is 0 Å². The molecule has 0 unspecified atom stereocenters. The third-order valence-corrected chi connectivity index (χ3v) is 2.59. The highest BCUT2D eigenvalue weighted by atomic mass is 79.9. The van der Waals surface area contributed by atoms with Crippen LogP contribution in [0.25, 0.3) is 0 Å². The van der Waals surface area contributed by atoms with Crippen LogP contribution in [0.1, 0.15) is 6.42 Å². The van der Waals surface area contributed by atoms with Gasteiger partial charge in [-0.1, -0.05) is 12.1 Å².